The zero-order valence-electron chi connectivity index (χ0n) is 5.74. The van der Waals surface area contributed by atoms with Crippen LogP contribution in [-0.4, -0.2) is 9.91 Å². The van der Waals surface area contributed by atoms with Crippen molar-refractivity contribution in [3.05, 3.63) is 32.5 Å². The van der Waals surface area contributed by atoms with E-state index in [-0.39, 0.29) is 5.69 Å². The molecule has 0 bridgehead atoms. The van der Waals surface area contributed by atoms with Gasteiger partial charge < -0.3 is 0 Å². The zero-order valence-corrected chi connectivity index (χ0v) is 7.33. The minimum atomic E-state index is -0.429. The number of aromatic nitrogens is 1. The molecule has 1 aromatic rings. The van der Waals surface area contributed by atoms with Gasteiger partial charge in [0.1, 0.15) is 4.60 Å². The van der Waals surface area contributed by atoms with Crippen LogP contribution in [-0.2, 0) is 0 Å². The normalized spacial score (nSPS) is 9.64. The zero-order chi connectivity index (χ0) is 8.43. The molecule has 0 unspecified atom stereocenters. The summed E-state index contributed by atoms with van der Waals surface area (Å²) in [6.07, 6.45) is 1.46. The molecule has 0 atom stereocenters. The molecule has 0 aromatic carbocycles. The predicted molar refractivity (Wildman–Crippen MR) is 43.3 cm³/mol. The predicted octanol–water partition coefficient (Wildman–Crippen LogP) is 2.06. The monoisotopic (exact) mass is 216 g/mol. The maximum Gasteiger partial charge on any atom is 0.276 e. The van der Waals surface area contributed by atoms with Gasteiger partial charge in [0.2, 0.25) is 0 Å². The van der Waals surface area contributed by atoms with Crippen LogP contribution in [0, 0.1) is 17.0 Å². The van der Waals surface area contributed by atoms with E-state index in [2.05, 4.69) is 20.9 Å². The lowest BCUT2D eigenvalue weighted by Gasteiger charge is -1.94. The third kappa shape index (κ3) is 1.74. The van der Waals surface area contributed by atoms with E-state index in [0.29, 0.717) is 10.2 Å². The first-order chi connectivity index (χ1) is 5.11. The Morgan fingerprint density at radius 1 is 1.73 bits per heavy atom. The number of pyridine rings is 1. The minimum Gasteiger partial charge on any atom is -0.258 e. The van der Waals surface area contributed by atoms with Crippen LogP contribution in [0.1, 0.15) is 5.56 Å². The topological polar surface area (TPSA) is 56.0 Å². The highest BCUT2D eigenvalue weighted by Crippen LogP contribution is 2.19. The molecule has 4 nitrogen and oxygen atoms in total. The van der Waals surface area contributed by atoms with Gasteiger partial charge in [-0.25, -0.2) is 4.98 Å². The van der Waals surface area contributed by atoms with E-state index in [9.17, 15) is 10.1 Å². The van der Waals surface area contributed by atoms with Gasteiger partial charge in [0.25, 0.3) is 5.69 Å². The number of nitrogens with zero attached hydrogens (tertiary/aromatic N) is 2. The molecule has 0 fully saturated rings. The fraction of sp³-hybridized carbons (Fsp3) is 0.167. The highest BCUT2D eigenvalue weighted by atomic mass is 79.9. The van der Waals surface area contributed by atoms with Gasteiger partial charge in [0, 0.05) is 17.8 Å². The Hall–Kier alpha value is -0.970. The quantitative estimate of drug-likeness (QED) is 0.411. The van der Waals surface area contributed by atoms with E-state index in [1.165, 1.54) is 12.3 Å². The van der Waals surface area contributed by atoms with Crippen molar-refractivity contribution in [3.8, 4) is 0 Å². The van der Waals surface area contributed by atoms with Crippen LogP contribution in [0.4, 0.5) is 5.69 Å². The summed E-state index contributed by atoms with van der Waals surface area (Å²) in [7, 11) is 0. The Balaban J connectivity index is 3.23. The third-order valence-electron chi connectivity index (χ3n) is 1.24. The van der Waals surface area contributed by atoms with Crippen molar-refractivity contribution < 1.29 is 4.92 Å². The summed E-state index contributed by atoms with van der Waals surface area (Å²) in [6.45, 7) is 1.65. The molecule has 0 saturated carbocycles. The van der Waals surface area contributed by atoms with Gasteiger partial charge in [0.15, 0.2) is 0 Å². The van der Waals surface area contributed by atoms with Gasteiger partial charge in [0.05, 0.1) is 4.92 Å². The first-order valence-electron chi connectivity index (χ1n) is 2.88. The molecule has 1 aromatic heterocycles. The largest absolute Gasteiger partial charge is 0.276 e. The molecule has 0 aliphatic carbocycles. The Morgan fingerprint density at radius 2 is 2.36 bits per heavy atom. The lowest BCUT2D eigenvalue weighted by atomic mass is 10.3. The molecule has 11 heavy (non-hydrogen) atoms. The summed E-state index contributed by atoms with van der Waals surface area (Å²) in [6, 6.07) is 1.38. The van der Waals surface area contributed by atoms with Crippen LogP contribution in [0.15, 0.2) is 16.9 Å². The lowest BCUT2D eigenvalue weighted by Crippen LogP contribution is -1.92. The van der Waals surface area contributed by atoms with Crippen LogP contribution < -0.4 is 0 Å². The maximum absolute atomic E-state index is 10.3. The van der Waals surface area contributed by atoms with Crippen molar-refractivity contribution in [2.45, 2.75) is 6.92 Å². The molecule has 1 heterocycles. The Labute approximate surface area is 71.5 Å². The molecule has 0 radical (unpaired) electrons. The smallest absolute Gasteiger partial charge is 0.258 e. The molecule has 0 aliphatic rings. The summed E-state index contributed by atoms with van der Waals surface area (Å²) in [5.74, 6) is 0. The third-order valence-corrected chi connectivity index (χ3v) is 1.67. The molecule has 0 spiro atoms. The molecule has 0 N–H and O–H groups in total. The molecular weight excluding hydrogens is 212 g/mol. The van der Waals surface area contributed by atoms with E-state index in [0.717, 1.165) is 0 Å². The van der Waals surface area contributed by atoms with Gasteiger partial charge >= 0.3 is 0 Å². The van der Waals surface area contributed by atoms with Gasteiger partial charge in [-0.15, -0.1) is 0 Å². The summed E-state index contributed by atoms with van der Waals surface area (Å²) in [5.41, 5.74) is 0.657. The number of aryl methyl sites for hydroxylation is 1. The molecule has 1 rings (SSSR count). The maximum atomic E-state index is 10.3. The minimum absolute atomic E-state index is 0.0897. The highest BCUT2D eigenvalue weighted by Gasteiger charge is 2.10. The van der Waals surface area contributed by atoms with Crippen LogP contribution in [0.5, 0.6) is 0 Å². The van der Waals surface area contributed by atoms with Crippen LogP contribution in [0.2, 0.25) is 0 Å². The van der Waals surface area contributed by atoms with Gasteiger partial charge in [-0.05, 0) is 22.9 Å². The highest BCUT2D eigenvalue weighted by molar-refractivity contribution is 9.10. The number of nitro groups is 1. The van der Waals surface area contributed by atoms with Crippen molar-refractivity contribution in [1.82, 2.24) is 4.98 Å². The van der Waals surface area contributed by atoms with E-state index in [1.54, 1.807) is 6.92 Å². The number of hydrogen-bond acceptors (Lipinski definition) is 3. The molecular formula is C6H5BrN2O2. The first-order valence-corrected chi connectivity index (χ1v) is 3.67. The Bertz CT molecular complexity index is 301. The molecule has 0 aliphatic heterocycles. The lowest BCUT2D eigenvalue weighted by molar-refractivity contribution is -0.385. The van der Waals surface area contributed by atoms with Crippen LogP contribution in [0.25, 0.3) is 0 Å². The number of hydrogen-bond donors (Lipinski definition) is 0. The van der Waals surface area contributed by atoms with E-state index in [4.69, 9.17) is 0 Å². The standard InChI is InChI=1S/C6H5BrN2O2/c1-4-3-8-6(7)2-5(4)9(10)11/h2-3H,1H3. The molecule has 0 saturated heterocycles. The van der Waals surface area contributed by atoms with Crippen molar-refractivity contribution in [2.24, 2.45) is 0 Å². The fourth-order valence-corrected chi connectivity index (χ4v) is 1.00. The summed E-state index contributed by atoms with van der Waals surface area (Å²) < 4.78 is 0.481. The SMILES string of the molecule is Cc1cnc(Br)cc1[N+](=O)[O-]. The average molecular weight is 217 g/mol. The summed E-state index contributed by atoms with van der Waals surface area (Å²) in [5, 5.41) is 10.3. The average Bonchev–Trinajstić information content (AvgIpc) is 1.94. The van der Waals surface area contributed by atoms with Crippen LogP contribution >= 0.6 is 15.9 Å². The molecule has 0 amide bonds. The Morgan fingerprint density at radius 3 is 2.82 bits per heavy atom. The van der Waals surface area contributed by atoms with Crippen LogP contribution in [0.3, 0.4) is 0 Å². The second-order valence-electron chi connectivity index (χ2n) is 2.05. The first kappa shape index (κ1) is 8.13. The van der Waals surface area contributed by atoms with Gasteiger partial charge in [-0.2, -0.15) is 0 Å². The number of halogens is 1. The van der Waals surface area contributed by atoms with Gasteiger partial charge in [-0.3, -0.25) is 10.1 Å². The van der Waals surface area contributed by atoms with Gasteiger partial charge in [-0.1, -0.05) is 0 Å². The second-order valence-corrected chi connectivity index (χ2v) is 2.86. The van der Waals surface area contributed by atoms with E-state index in [1.807, 2.05) is 0 Å². The Kier molecular flexibility index (Phi) is 2.19. The second kappa shape index (κ2) is 2.96. The van der Waals surface area contributed by atoms with Crippen molar-refractivity contribution >= 4 is 21.6 Å². The summed E-state index contributed by atoms with van der Waals surface area (Å²) >= 11 is 3.05. The van der Waals surface area contributed by atoms with Crippen molar-refractivity contribution in [1.29, 1.82) is 0 Å². The van der Waals surface area contributed by atoms with Crippen molar-refractivity contribution in [2.75, 3.05) is 0 Å². The van der Waals surface area contributed by atoms with E-state index >= 15 is 0 Å². The molecule has 58 valence electrons. The van der Waals surface area contributed by atoms with Crippen molar-refractivity contribution in [3.63, 3.8) is 0 Å². The summed E-state index contributed by atoms with van der Waals surface area (Å²) in [4.78, 5) is 13.7. The fourth-order valence-electron chi connectivity index (χ4n) is 0.685. The molecule has 5 heteroatoms. The number of rotatable bonds is 1. The van der Waals surface area contributed by atoms with E-state index < -0.39 is 4.92 Å².